The van der Waals surface area contributed by atoms with E-state index in [4.69, 9.17) is 0 Å². The van der Waals surface area contributed by atoms with Crippen LogP contribution in [0, 0.1) is 13.8 Å². The number of carbonyl (C=O) groups excluding carboxylic acids is 1. The zero-order valence-corrected chi connectivity index (χ0v) is 16.3. The van der Waals surface area contributed by atoms with Crippen molar-refractivity contribution in [2.45, 2.75) is 44.4 Å². The molecular formula is C17H27ClN2O3S. The Morgan fingerprint density at radius 2 is 1.79 bits per heavy atom. The van der Waals surface area contributed by atoms with Crippen LogP contribution < -0.4 is 10.6 Å². The van der Waals surface area contributed by atoms with Gasteiger partial charge in [-0.15, -0.1) is 12.4 Å². The number of aryl methyl sites for hydroxylation is 2. The summed E-state index contributed by atoms with van der Waals surface area (Å²) < 4.78 is 23.2. The maximum Gasteiger partial charge on any atom is 0.242 e. The van der Waals surface area contributed by atoms with Crippen molar-refractivity contribution in [1.29, 1.82) is 0 Å². The summed E-state index contributed by atoms with van der Waals surface area (Å²) in [4.78, 5) is 12.8. The summed E-state index contributed by atoms with van der Waals surface area (Å²) in [6.45, 7) is 7.03. The fourth-order valence-corrected chi connectivity index (χ4v) is 4.38. The molecule has 1 aliphatic heterocycles. The van der Waals surface area contributed by atoms with E-state index in [9.17, 15) is 13.2 Å². The second-order valence-corrected chi connectivity index (χ2v) is 8.88. The molecule has 7 heteroatoms. The first-order valence-corrected chi connectivity index (χ1v) is 9.85. The number of nitrogens with one attached hydrogen (secondary N) is 2. The van der Waals surface area contributed by atoms with Gasteiger partial charge in [0, 0.05) is 6.26 Å². The summed E-state index contributed by atoms with van der Waals surface area (Å²) >= 11 is 0. The first-order valence-electron chi connectivity index (χ1n) is 7.96. The minimum atomic E-state index is -3.48. The smallest absolute Gasteiger partial charge is 0.242 e. The predicted octanol–water partition coefficient (Wildman–Crippen LogP) is 2.07. The Labute approximate surface area is 150 Å². The standard InChI is InChI=1S/C17H26N2O3S.ClH/c1-12-5-6-15(11-13(12)2)14(3)19-16(20)17(23(4,21)22)7-9-18-10-8-17;/h5-6,11,14,18H,7-10H2,1-4H3,(H,19,20);1H. The molecule has 2 N–H and O–H groups in total. The number of piperidine rings is 1. The zero-order chi connectivity index (χ0) is 17.3. The molecule has 0 aliphatic carbocycles. The maximum absolute atomic E-state index is 12.8. The van der Waals surface area contributed by atoms with Crippen molar-refractivity contribution in [3.8, 4) is 0 Å². The van der Waals surface area contributed by atoms with Crippen molar-refractivity contribution in [1.82, 2.24) is 10.6 Å². The van der Waals surface area contributed by atoms with Crippen LogP contribution in [0.3, 0.4) is 0 Å². The molecule has 1 saturated heterocycles. The van der Waals surface area contributed by atoms with Crippen LogP contribution in [0.2, 0.25) is 0 Å². The van der Waals surface area contributed by atoms with E-state index in [0.717, 1.165) is 11.1 Å². The topological polar surface area (TPSA) is 75.3 Å². The van der Waals surface area contributed by atoms with Gasteiger partial charge in [-0.2, -0.15) is 0 Å². The molecule has 0 bridgehead atoms. The monoisotopic (exact) mass is 374 g/mol. The fraction of sp³-hybridized carbons (Fsp3) is 0.588. The van der Waals surface area contributed by atoms with Crippen LogP contribution in [0.4, 0.5) is 0 Å². The summed E-state index contributed by atoms with van der Waals surface area (Å²) in [7, 11) is -3.48. The highest BCUT2D eigenvalue weighted by atomic mass is 35.5. The molecule has 1 amide bonds. The lowest BCUT2D eigenvalue weighted by molar-refractivity contribution is -0.125. The molecule has 2 rings (SSSR count). The van der Waals surface area contributed by atoms with Crippen LogP contribution in [0.5, 0.6) is 0 Å². The van der Waals surface area contributed by atoms with Crippen LogP contribution in [0.15, 0.2) is 18.2 Å². The third-order valence-corrected chi connectivity index (χ3v) is 6.93. The first-order chi connectivity index (χ1) is 10.7. The van der Waals surface area contributed by atoms with Gasteiger partial charge in [-0.3, -0.25) is 4.79 Å². The molecule has 1 aliphatic rings. The molecule has 1 atom stereocenters. The summed E-state index contributed by atoms with van der Waals surface area (Å²) in [6, 6.07) is 5.80. The van der Waals surface area contributed by atoms with E-state index in [1.165, 1.54) is 11.8 Å². The van der Waals surface area contributed by atoms with Crippen LogP contribution >= 0.6 is 12.4 Å². The maximum atomic E-state index is 12.8. The van der Waals surface area contributed by atoms with Crippen LogP contribution in [0.1, 0.15) is 42.5 Å². The van der Waals surface area contributed by atoms with E-state index in [0.29, 0.717) is 25.9 Å². The molecule has 24 heavy (non-hydrogen) atoms. The molecular weight excluding hydrogens is 348 g/mol. The van der Waals surface area contributed by atoms with Crippen molar-refractivity contribution >= 4 is 28.2 Å². The molecule has 1 aromatic carbocycles. The van der Waals surface area contributed by atoms with E-state index in [1.807, 2.05) is 39.0 Å². The Balaban J connectivity index is 0.00000288. The Morgan fingerprint density at radius 3 is 2.29 bits per heavy atom. The van der Waals surface area contributed by atoms with Gasteiger partial charge >= 0.3 is 0 Å². The zero-order valence-electron chi connectivity index (χ0n) is 14.7. The summed E-state index contributed by atoms with van der Waals surface area (Å²) in [5, 5.41) is 6.03. The predicted molar refractivity (Wildman–Crippen MR) is 99.4 cm³/mol. The molecule has 1 aromatic rings. The molecule has 0 radical (unpaired) electrons. The normalized spacial score (nSPS) is 18.3. The number of amides is 1. The van der Waals surface area contributed by atoms with Crippen molar-refractivity contribution < 1.29 is 13.2 Å². The number of hydrogen-bond donors (Lipinski definition) is 2. The van der Waals surface area contributed by atoms with E-state index in [1.54, 1.807) is 0 Å². The largest absolute Gasteiger partial charge is 0.348 e. The second kappa shape index (κ2) is 7.85. The number of carbonyl (C=O) groups is 1. The minimum absolute atomic E-state index is 0. The van der Waals surface area contributed by atoms with Crippen molar-refractivity contribution in [3.63, 3.8) is 0 Å². The Kier molecular flexibility index (Phi) is 6.84. The molecule has 0 aromatic heterocycles. The first kappa shape index (κ1) is 20.9. The van der Waals surface area contributed by atoms with Crippen LogP contribution in [-0.4, -0.2) is 38.4 Å². The average Bonchev–Trinajstić information content (AvgIpc) is 2.49. The lowest BCUT2D eigenvalue weighted by atomic mass is 9.94. The summed E-state index contributed by atoms with van der Waals surface area (Å²) in [5.74, 6) is -0.382. The number of rotatable bonds is 4. The average molecular weight is 375 g/mol. The Hall–Kier alpha value is -1.11. The van der Waals surface area contributed by atoms with Crippen molar-refractivity contribution in [3.05, 3.63) is 34.9 Å². The fourth-order valence-electron chi connectivity index (χ4n) is 3.04. The third-order valence-electron chi connectivity index (χ3n) is 4.91. The van der Waals surface area contributed by atoms with Gasteiger partial charge in [0.15, 0.2) is 14.6 Å². The highest BCUT2D eigenvalue weighted by molar-refractivity contribution is 7.92. The van der Waals surface area contributed by atoms with E-state index in [2.05, 4.69) is 10.6 Å². The second-order valence-electron chi connectivity index (χ2n) is 6.56. The molecule has 1 heterocycles. The van der Waals surface area contributed by atoms with Gasteiger partial charge in [0.2, 0.25) is 5.91 Å². The molecule has 0 spiro atoms. The number of sulfone groups is 1. The van der Waals surface area contributed by atoms with Gasteiger partial charge in [-0.1, -0.05) is 18.2 Å². The highest BCUT2D eigenvalue weighted by Crippen LogP contribution is 2.29. The Bertz CT molecular complexity index is 698. The SMILES string of the molecule is Cc1ccc(C(C)NC(=O)C2(S(C)(=O)=O)CCNCC2)cc1C.Cl. The van der Waals surface area contributed by atoms with Gasteiger partial charge in [-0.25, -0.2) is 8.42 Å². The molecule has 0 saturated carbocycles. The van der Waals surface area contributed by atoms with E-state index in [-0.39, 0.29) is 24.4 Å². The number of halogens is 1. The number of hydrogen-bond acceptors (Lipinski definition) is 4. The van der Waals surface area contributed by atoms with Gasteiger partial charge in [0.05, 0.1) is 6.04 Å². The molecule has 1 fully saturated rings. The van der Waals surface area contributed by atoms with Gasteiger partial charge in [-0.05, 0) is 63.4 Å². The summed E-state index contributed by atoms with van der Waals surface area (Å²) in [5.41, 5.74) is 3.33. The summed E-state index contributed by atoms with van der Waals surface area (Å²) in [6.07, 6.45) is 1.80. The van der Waals surface area contributed by atoms with Gasteiger partial charge in [0.1, 0.15) is 0 Å². The molecule has 5 nitrogen and oxygen atoms in total. The Morgan fingerprint density at radius 1 is 1.21 bits per heavy atom. The van der Waals surface area contributed by atoms with Crippen molar-refractivity contribution in [2.24, 2.45) is 0 Å². The quantitative estimate of drug-likeness (QED) is 0.845. The van der Waals surface area contributed by atoms with E-state index < -0.39 is 14.6 Å². The van der Waals surface area contributed by atoms with Gasteiger partial charge in [0.25, 0.3) is 0 Å². The molecule has 1 unspecified atom stereocenters. The minimum Gasteiger partial charge on any atom is -0.348 e. The number of benzene rings is 1. The third kappa shape index (κ3) is 4.10. The van der Waals surface area contributed by atoms with Gasteiger partial charge < -0.3 is 10.6 Å². The molecule has 136 valence electrons. The van der Waals surface area contributed by atoms with E-state index >= 15 is 0 Å². The van der Waals surface area contributed by atoms with Crippen LogP contribution in [0.25, 0.3) is 0 Å². The highest BCUT2D eigenvalue weighted by Gasteiger charge is 2.48. The lowest BCUT2D eigenvalue weighted by Gasteiger charge is -2.35. The lowest BCUT2D eigenvalue weighted by Crippen LogP contribution is -2.57. The van der Waals surface area contributed by atoms with Crippen LogP contribution in [-0.2, 0) is 14.6 Å². The van der Waals surface area contributed by atoms with Crippen molar-refractivity contribution in [2.75, 3.05) is 19.3 Å².